The molecule has 1 heterocycles. The van der Waals surface area contributed by atoms with Gasteiger partial charge in [0.1, 0.15) is 0 Å². The van der Waals surface area contributed by atoms with Crippen molar-refractivity contribution in [2.45, 2.75) is 51.4 Å². The summed E-state index contributed by atoms with van der Waals surface area (Å²) in [6.07, 6.45) is -1.73. The number of nitrogens with one attached hydrogen (secondary N) is 1. The fourth-order valence-electron chi connectivity index (χ4n) is 2.70. The van der Waals surface area contributed by atoms with Gasteiger partial charge in [-0.25, -0.2) is 0 Å². The van der Waals surface area contributed by atoms with Gasteiger partial charge in [0.25, 0.3) is 0 Å². The first-order valence-electron chi connectivity index (χ1n) is 6.69. The number of nitrogens with zero attached hydrogens (tertiary/aromatic N) is 1. The maximum Gasteiger partial charge on any atom is 0.393 e. The minimum absolute atomic E-state index is 0.239. The molecule has 2 nitrogen and oxygen atoms in total. The number of rotatable bonds is 3. The zero-order valence-corrected chi connectivity index (χ0v) is 11.0. The summed E-state index contributed by atoms with van der Waals surface area (Å²) in [4.78, 5) is 4.30. The maximum absolute atomic E-state index is 12.9. The fourth-order valence-corrected chi connectivity index (χ4v) is 2.70. The van der Waals surface area contributed by atoms with Crippen LogP contribution in [0, 0.1) is 12.8 Å². The Morgan fingerprint density at radius 2 is 2.00 bits per heavy atom. The van der Waals surface area contributed by atoms with Crippen molar-refractivity contribution in [3.05, 3.63) is 29.6 Å². The van der Waals surface area contributed by atoms with Gasteiger partial charge in [0.15, 0.2) is 0 Å². The summed E-state index contributed by atoms with van der Waals surface area (Å²) in [6.45, 7) is 2.28. The minimum atomic E-state index is -4.10. The van der Waals surface area contributed by atoms with E-state index in [2.05, 4.69) is 10.3 Å². The van der Waals surface area contributed by atoms with E-state index >= 15 is 0 Å². The SMILES string of the molecule is Cc1cccc(CNC2CCCCC2C(F)(F)F)n1. The molecule has 1 saturated carbocycles. The van der Waals surface area contributed by atoms with Gasteiger partial charge >= 0.3 is 6.18 Å². The quantitative estimate of drug-likeness (QED) is 0.909. The Kier molecular flexibility index (Phi) is 4.45. The van der Waals surface area contributed by atoms with Gasteiger partial charge in [-0.1, -0.05) is 18.9 Å². The van der Waals surface area contributed by atoms with Crippen LogP contribution in [0.2, 0.25) is 0 Å². The van der Waals surface area contributed by atoms with Crippen molar-refractivity contribution in [3.63, 3.8) is 0 Å². The van der Waals surface area contributed by atoms with E-state index in [0.29, 0.717) is 19.4 Å². The van der Waals surface area contributed by atoms with Crippen LogP contribution in [-0.4, -0.2) is 17.2 Å². The van der Waals surface area contributed by atoms with Crippen molar-refractivity contribution in [3.8, 4) is 0 Å². The molecule has 0 aromatic carbocycles. The Hall–Kier alpha value is -1.10. The van der Waals surface area contributed by atoms with Crippen molar-refractivity contribution < 1.29 is 13.2 Å². The number of hydrogen-bond donors (Lipinski definition) is 1. The van der Waals surface area contributed by atoms with E-state index < -0.39 is 18.1 Å². The second-order valence-electron chi connectivity index (χ2n) is 5.19. The molecule has 1 aliphatic carbocycles. The van der Waals surface area contributed by atoms with Crippen LogP contribution in [0.5, 0.6) is 0 Å². The largest absolute Gasteiger partial charge is 0.393 e. The summed E-state index contributed by atoms with van der Waals surface area (Å²) >= 11 is 0. The summed E-state index contributed by atoms with van der Waals surface area (Å²) < 4.78 is 38.8. The molecule has 106 valence electrons. The maximum atomic E-state index is 12.9. The van der Waals surface area contributed by atoms with Crippen LogP contribution in [0.15, 0.2) is 18.2 Å². The van der Waals surface area contributed by atoms with Crippen molar-refractivity contribution in [2.24, 2.45) is 5.92 Å². The third-order valence-electron chi connectivity index (χ3n) is 3.68. The second kappa shape index (κ2) is 5.90. The van der Waals surface area contributed by atoms with Crippen molar-refractivity contribution in [1.82, 2.24) is 10.3 Å². The van der Waals surface area contributed by atoms with Crippen LogP contribution >= 0.6 is 0 Å². The number of aromatic nitrogens is 1. The van der Waals surface area contributed by atoms with Crippen LogP contribution in [0.4, 0.5) is 13.2 Å². The van der Waals surface area contributed by atoms with Gasteiger partial charge in [-0.2, -0.15) is 13.2 Å². The Morgan fingerprint density at radius 1 is 1.26 bits per heavy atom. The van der Waals surface area contributed by atoms with Crippen molar-refractivity contribution >= 4 is 0 Å². The van der Waals surface area contributed by atoms with Crippen LogP contribution in [0.25, 0.3) is 0 Å². The van der Waals surface area contributed by atoms with Gasteiger partial charge in [0, 0.05) is 18.3 Å². The lowest BCUT2D eigenvalue weighted by Gasteiger charge is -2.33. The predicted molar refractivity (Wildman–Crippen MR) is 67.6 cm³/mol. The first-order chi connectivity index (χ1) is 8.97. The molecule has 0 amide bonds. The number of halogens is 3. The molecule has 0 bridgehead atoms. The Morgan fingerprint density at radius 3 is 2.68 bits per heavy atom. The van der Waals surface area contributed by atoms with Gasteiger partial charge in [0.2, 0.25) is 0 Å². The average Bonchev–Trinajstić information content (AvgIpc) is 2.36. The van der Waals surface area contributed by atoms with Gasteiger partial charge < -0.3 is 5.32 Å². The summed E-state index contributed by atoms with van der Waals surface area (Å²) in [6, 6.07) is 5.12. The Labute approximate surface area is 111 Å². The Bertz CT molecular complexity index is 417. The predicted octanol–water partition coefficient (Wildman–Crippen LogP) is 3.60. The molecule has 1 aromatic heterocycles. The van der Waals surface area contributed by atoms with E-state index in [9.17, 15) is 13.2 Å². The summed E-state index contributed by atoms with van der Waals surface area (Å²) in [5.74, 6) is -1.22. The lowest BCUT2D eigenvalue weighted by Crippen LogP contribution is -2.45. The van der Waals surface area contributed by atoms with Gasteiger partial charge in [-0.15, -0.1) is 0 Å². The van der Waals surface area contributed by atoms with Crippen LogP contribution in [-0.2, 0) is 6.54 Å². The summed E-state index contributed by atoms with van der Waals surface area (Å²) in [5.41, 5.74) is 1.68. The van der Waals surface area contributed by atoms with Crippen LogP contribution in [0.3, 0.4) is 0 Å². The molecule has 2 atom stereocenters. The molecule has 0 aliphatic heterocycles. The normalized spacial score (nSPS) is 24.4. The van der Waals surface area contributed by atoms with Gasteiger partial charge in [-0.05, 0) is 31.9 Å². The van der Waals surface area contributed by atoms with Crippen molar-refractivity contribution in [2.75, 3.05) is 0 Å². The molecule has 0 saturated heterocycles. The number of pyridine rings is 1. The van der Waals surface area contributed by atoms with E-state index in [0.717, 1.165) is 17.8 Å². The number of alkyl halides is 3. The third kappa shape index (κ3) is 3.93. The highest BCUT2D eigenvalue weighted by Crippen LogP contribution is 2.37. The van der Waals surface area contributed by atoms with E-state index in [1.807, 2.05) is 25.1 Å². The van der Waals surface area contributed by atoms with E-state index in [1.54, 1.807) is 0 Å². The van der Waals surface area contributed by atoms with E-state index in [-0.39, 0.29) is 6.42 Å². The van der Waals surface area contributed by atoms with E-state index in [1.165, 1.54) is 0 Å². The second-order valence-corrected chi connectivity index (χ2v) is 5.19. The standard InChI is InChI=1S/C14H19F3N2/c1-10-5-4-6-11(19-10)9-18-13-8-3-2-7-12(13)14(15,16)17/h4-6,12-13,18H,2-3,7-9H2,1H3. The highest BCUT2D eigenvalue weighted by Gasteiger charge is 2.45. The molecule has 1 aromatic rings. The minimum Gasteiger partial charge on any atom is -0.308 e. The monoisotopic (exact) mass is 272 g/mol. The van der Waals surface area contributed by atoms with Crippen LogP contribution in [0.1, 0.15) is 37.1 Å². The molecular formula is C14H19F3N2. The molecule has 2 rings (SSSR count). The lowest BCUT2D eigenvalue weighted by atomic mass is 9.84. The van der Waals surface area contributed by atoms with Gasteiger partial charge in [-0.3, -0.25) is 4.98 Å². The highest BCUT2D eigenvalue weighted by atomic mass is 19.4. The molecule has 5 heteroatoms. The third-order valence-corrected chi connectivity index (χ3v) is 3.68. The summed E-state index contributed by atoms with van der Waals surface area (Å²) in [5, 5.41) is 3.04. The van der Waals surface area contributed by atoms with E-state index in [4.69, 9.17) is 0 Å². The molecule has 0 spiro atoms. The fraction of sp³-hybridized carbons (Fsp3) is 0.643. The number of hydrogen-bond acceptors (Lipinski definition) is 2. The van der Waals surface area contributed by atoms with Gasteiger partial charge in [0.05, 0.1) is 11.6 Å². The molecule has 2 unspecified atom stereocenters. The molecule has 1 fully saturated rings. The summed E-state index contributed by atoms with van der Waals surface area (Å²) in [7, 11) is 0. The molecule has 1 N–H and O–H groups in total. The molecule has 19 heavy (non-hydrogen) atoms. The first-order valence-corrected chi connectivity index (χ1v) is 6.69. The smallest absolute Gasteiger partial charge is 0.308 e. The van der Waals surface area contributed by atoms with Crippen LogP contribution < -0.4 is 5.32 Å². The highest BCUT2D eigenvalue weighted by molar-refractivity contribution is 5.09. The molecule has 1 aliphatic rings. The Balaban J connectivity index is 1.97. The zero-order chi connectivity index (χ0) is 13.9. The average molecular weight is 272 g/mol. The zero-order valence-electron chi connectivity index (χ0n) is 11.0. The topological polar surface area (TPSA) is 24.9 Å². The van der Waals surface area contributed by atoms with Crippen molar-refractivity contribution in [1.29, 1.82) is 0 Å². The number of aryl methyl sites for hydroxylation is 1. The molecule has 0 radical (unpaired) electrons. The molecular weight excluding hydrogens is 253 g/mol. The lowest BCUT2D eigenvalue weighted by molar-refractivity contribution is -0.189. The first kappa shape index (κ1) is 14.3.